The second-order valence-electron chi connectivity index (χ2n) is 5.98. The first-order valence-electron chi connectivity index (χ1n) is 8.28. The largest absolute Gasteiger partial charge is 0.467 e. The number of carbonyl (C=O) groups excluding carboxylic acids is 1. The fourth-order valence-corrected chi connectivity index (χ4v) is 2.85. The molecule has 0 radical (unpaired) electrons. The summed E-state index contributed by atoms with van der Waals surface area (Å²) in [6.07, 6.45) is 2.90. The van der Waals surface area contributed by atoms with Gasteiger partial charge < -0.3 is 18.6 Å². The number of fused-ring (bicyclic) bond motifs is 1. The zero-order valence-electron chi connectivity index (χ0n) is 14.5. The molecule has 0 bridgehead atoms. The molecule has 0 saturated carbocycles. The maximum atomic E-state index is 12.3. The number of rotatable bonds is 5. The summed E-state index contributed by atoms with van der Waals surface area (Å²) in [7, 11) is 0. The highest BCUT2D eigenvalue weighted by atomic mass is 16.7. The Labute approximate surface area is 158 Å². The van der Waals surface area contributed by atoms with E-state index in [1.54, 1.807) is 30.5 Å². The van der Waals surface area contributed by atoms with Crippen LogP contribution >= 0.6 is 0 Å². The molecule has 9 heteroatoms. The van der Waals surface area contributed by atoms with Crippen LogP contribution in [0.4, 0.5) is 5.69 Å². The van der Waals surface area contributed by atoms with Crippen molar-refractivity contribution < 1.29 is 28.3 Å². The molecule has 0 N–H and O–H groups in total. The van der Waals surface area contributed by atoms with Crippen molar-refractivity contribution >= 4 is 11.7 Å². The first kappa shape index (κ1) is 17.7. The number of hydrogen-bond acceptors (Lipinski definition) is 8. The molecule has 1 aromatic heterocycles. The average molecular weight is 382 g/mol. The van der Waals surface area contributed by atoms with Crippen LogP contribution < -0.4 is 4.74 Å². The van der Waals surface area contributed by atoms with Crippen LogP contribution in [0.15, 0.2) is 53.4 Å². The van der Waals surface area contributed by atoms with E-state index in [0.717, 1.165) is 5.56 Å². The maximum Gasteiger partial charge on any atom is 0.338 e. The molecule has 9 nitrogen and oxygen atoms in total. The lowest BCUT2D eigenvalue weighted by Gasteiger charge is -2.20. The Balaban J connectivity index is 1.50. The molecule has 0 saturated heterocycles. The van der Waals surface area contributed by atoms with Gasteiger partial charge in [-0.3, -0.25) is 10.1 Å². The van der Waals surface area contributed by atoms with Gasteiger partial charge >= 0.3 is 5.97 Å². The number of nitro benzene ring substituents is 1. The molecule has 0 amide bonds. The van der Waals surface area contributed by atoms with E-state index in [-0.39, 0.29) is 25.7 Å². The average Bonchev–Trinajstić information content (AvgIpc) is 3.26. The van der Waals surface area contributed by atoms with Crippen molar-refractivity contribution in [2.45, 2.75) is 13.2 Å². The van der Waals surface area contributed by atoms with Gasteiger partial charge in [-0.2, -0.15) is 0 Å². The molecule has 3 aromatic rings. The summed E-state index contributed by atoms with van der Waals surface area (Å²) >= 11 is 0. The third-order valence-corrected chi connectivity index (χ3v) is 4.18. The van der Waals surface area contributed by atoms with E-state index in [1.807, 2.05) is 0 Å². The van der Waals surface area contributed by atoms with E-state index in [4.69, 9.17) is 18.6 Å². The van der Waals surface area contributed by atoms with Gasteiger partial charge in [0.25, 0.3) is 5.69 Å². The van der Waals surface area contributed by atoms with Crippen LogP contribution in [-0.4, -0.2) is 22.7 Å². The first-order valence-corrected chi connectivity index (χ1v) is 8.28. The van der Waals surface area contributed by atoms with Gasteiger partial charge in [-0.1, -0.05) is 12.1 Å². The molecule has 0 atom stereocenters. The summed E-state index contributed by atoms with van der Waals surface area (Å²) in [6.45, 7) is 0.0720. The van der Waals surface area contributed by atoms with E-state index in [0.29, 0.717) is 28.2 Å². The Morgan fingerprint density at radius 1 is 1.25 bits per heavy atom. The SMILES string of the molecule is O=C(OCc1cc([N+](=O)[O-])cc2c1OCOC2)c1ccc(-c2cnco2)cc1. The second-order valence-corrected chi connectivity index (χ2v) is 5.98. The molecule has 142 valence electrons. The Bertz CT molecular complexity index is 1010. The molecular weight excluding hydrogens is 368 g/mol. The van der Waals surface area contributed by atoms with Crippen LogP contribution in [0.25, 0.3) is 11.3 Å². The van der Waals surface area contributed by atoms with Gasteiger partial charge in [0.15, 0.2) is 18.9 Å². The van der Waals surface area contributed by atoms with Crippen molar-refractivity contribution in [1.29, 1.82) is 0 Å². The van der Waals surface area contributed by atoms with Gasteiger partial charge in [0, 0.05) is 28.8 Å². The molecule has 1 aliphatic rings. The summed E-state index contributed by atoms with van der Waals surface area (Å²) in [6, 6.07) is 9.37. The number of oxazole rings is 1. The van der Waals surface area contributed by atoms with Gasteiger partial charge in [-0.25, -0.2) is 9.78 Å². The third kappa shape index (κ3) is 3.55. The minimum absolute atomic E-state index is 0.0366. The predicted octanol–water partition coefficient (Wildman–Crippen LogP) is 3.47. The molecule has 0 unspecified atom stereocenters. The number of nitro groups is 1. The number of esters is 1. The number of benzene rings is 2. The third-order valence-electron chi connectivity index (χ3n) is 4.18. The van der Waals surface area contributed by atoms with Crippen molar-refractivity contribution in [3.05, 3.63) is 75.8 Å². The highest BCUT2D eigenvalue weighted by molar-refractivity contribution is 5.90. The van der Waals surface area contributed by atoms with Crippen molar-refractivity contribution in [1.82, 2.24) is 4.98 Å². The minimum Gasteiger partial charge on any atom is -0.467 e. The van der Waals surface area contributed by atoms with Gasteiger partial charge in [0.2, 0.25) is 0 Å². The van der Waals surface area contributed by atoms with E-state index in [1.165, 1.54) is 18.5 Å². The van der Waals surface area contributed by atoms with E-state index < -0.39 is 10.9 Å². The molecule has 2 aromatic carbocycles. The lowest BCUT2D eigenvalue weighted by molar-refractivity contribution is -0.385. The Hall–Kier alpha value is -3.72. The van der Waals surface area contributed by atoms with Crippen LogP contribution in [0, 0.1) is 10.1 Å². The van der Waals surface area contributed by atoms with Gasteiger partial charge in [-0.15, -0.1) is 0 Å². The van der Waals surface area contributed by atoms with E-state index in [9.17, 15) is 14.9 Å². The van der Waals surface area contributed by atoms with Crippen molar-refractivity contribution in [3.63, 3.8) is 0 Å². The van der Waals surface area contributed by atoms with Crippen LogP contribution in [0.1, 0.15) is 21.5 Å². The lowest BCUT2D eigenvalue weighted by Crippen LogP contribution is -2.15. The summed E-state index contributed by atoms with van der Waals surface area (Å²) in [5.41, 5.74) is 1.96. The van der Waals surface area contributed by atoms with E-state index >= 15 is 0 Å². The zero-order chi connectivity index (χ0) is 19.5. The van der Waals surface area contributed by atoms with Crippen LogP contribution in [-0.2, 0) is 22.7 Å². The molecule has 2 heterocycles. The Kier molecular flexibility index (Phi) is 4.73. The maximum absolute atomic E-state index is 12.3. The zero-order valence-corrected chi connectivity index (χ0v) is 14.5. The summed E-state index contributed by atoms with van der Waals surface area (Å²) in [4.78, 5) is 26.8. The highest BCUT2D eigenvalue weighted by Gasteiger charge is 2.22. The predicted molar refractivity (Wildman–Crippen MR) is 94.4 cm³/mol. The number of hydrogen-bond donors (Lipinski definition) is 0. The summed E-state index contributed by atoms with van der Waals surface area (Å²) in [5, 5.41) is 11.1. The number of carbonyl (C=O) groups is 1. The molecule has 0 spiro atoms. The van der Waals surface area contributed by atoms with E-state index in [2.05, 4.69) is 4.98 Å². The van der Waals surface area contributed by atoms with Gasteiger partial charge in [0.1, 0.15) is 12.4 Å². The van der Waals surface area contributed by atoms with Crippen molar-refractivity contribution in [2.75, 3.05) is 6.79 Å². The van der Waals surface area contributed by atoms with Gasteiger partial charge in [0.05, 0.1) is 23.3 Å². The Morgan fingerprint density at radius 2 is 2.07 bits per heavy atom. The molecule has 4 rings (SSSR count). The lowest BCUT2D eigenvalue weighted by atomic mass is 10.1. The fourth-order valence-electron chi connectivity index (χ4n) is 2.85. The van der Waals surface area contributed by atoms with Crippen LogP contribution in [0.3, 0.4) is 0 Å². The number of nitrogens with zero attached hydrogens (tertiary/aromatic N) is 2. The standard InChI is InChI=1S/C19H14N2O7/c22-19(13-3-1-12(2-4-13)17-7-20-10-27-17)26-9-15-6-16(21(23)24)5-14-8-25-11-28-18(14)15/h1-7,10H,8-9,11H2. The first-order chi connectivity index (χ1) is 13.6. The monoisotopic (exact) mass is 382 g/mol. The van der Waals surface area contributed by atoms with Crippen molar-refractivity contribution in [2.24, 2.45) is 0 Å². The summed E-state index contributed by atoms with van der Waals surface area (Å²) in [5.74, 6) is 0.476. The molecule has 0 aliphatic carbocycles. The number of non-ortho nitro benzene ring substituents is 1. The molecule has 1 aliphatic heterocycles. The summed E-state index contributed by atoms with van der Waals surface area (Å²) < 4.78 is 21.1. The van der Waals surface area contributed by atoms with Crippen molar-refractivity contribution in [3.8, 4) is 17.1 Å². The second kappa shape index (κ2) is 7.49. The normalized spacial score (nSPS) is 12.7. The molecule has 28 heavy (non-hydrogen) atoms. The quantitative estimate of drug-likeness (QED) is 0.374. The topological polar surface area (TPSA) is 114 Å². The smallest absolute Gasteiger partial charge is 0.338 e. The number of aromatic nitrogens is 1. The van der Waals surface area contributed by atoms with Crippen LogP contribution in [0.5, 0.6) is 5.75 Å². The minimum atomic E-state index is -0.559. The Morgan fingerprint density at radius 3 is 2.79 bits per heavy atom. The molecular formula is C19H14N2O7. The highest BCUT2D eigenvalue weighted by Crippen LogP contribution is 2.33. The number of ether oxygens (including phenoxy) is 3. The fraction of sp³-hybridized carbons (Fsp3) is 0.158. The van der Waals surface area contributed by atoms with Gasteiger partial charge in [-0.05, 0) is 12.1 Å². The molecule has 0 fully saturated rings. The van der Waals surface area contributed by atoms with Crippen LogP contribution in [0.2, 0.25) is 0 Å².